The lowest BCUT2D eigenvalue weighted by atomic mass is 9.81. The first-order chi connectivity index (χ1) is 13.5. The summed E-state index contributed by atoms with van der Waals surface area (Å²) in [4.78, 5) is 31.1. The molecule has 0 aliphatic carbocycles. The van der Waals surface area contributed by atoms with Gasteiger partial charge in [0.1, 0.15) is 11.7 Å². The number of methoxy groups -OCH3 is 1. The number of carbonyl (C=O) groups is 1. The fourth-order valence-electron chi connectivity index (χ4n) is 3.94. The molecule has 28 heavy (non-hydrogen) atoms. The first-order valence-corrected chi connectivity index (χ1v) is 9.54. The molecule has 0 amide bonds. The van der Waals surface area contributed by atoms with Crippen LogP contribution in [0.3, 0.4) is 0 Å². The topological polar surface area (TPSA) is 83.0 Å². The van der Waals surface area contributed by atoms with Gasteiger partial charge in [0.05, 0.1) is 30.2 Å². The summed E-state index contributed by atoms with van der Waals surface area (Å²) in [5, 5.41) is 0. The Kier molecular flexibility index (Phi) is 3.60. The number of para-hydroxylation sites is 1. The number of benzene rings is 1. The van der Waals surface area contributed by atoms with Crippen molar-refractivity contribution in [2.45, 2.75) is 18.7 Å². The zero-order valence-electron chi connectivity index (χ0n) is 15.1. The molecule has 4 heterocycles. The van der Waals surface area contributed by atoms with E-state index in [9.17, 15) is 9.59 Å². The molecule has 3 aromatic rings. The minimum atomic E-state index is -1.16. The highest BCUT2D eigenvalue weighted by Crippen LogP contribution is 2.47. The Hall–Kier alpha value is -3.13. The Balaban J connectivity index is 1.83. The molecule has 7 nitrogen and oxygen atoms in total. The van der Waals surface area contributed by atoms with Crippen LogP contribution in [0.4, 0.5) is 0 Å². The number of nitrogens with zero attached hydrogens (tertiary/aromatic N) is 2. The number of ether oxygens (including phenoxy) is 2. The summed E-state index contributed by atoms with van der Waals surface area (Å²) >= 11 is 1.27. The number of aromatic nitrogens is 1. The van der Waals surface area contributed by atoms with Gasteiger partial charge in [0.25, 0.3) is 5.56 Å². The van der Waals surface area contributed by atoms with Crippen molar-refractivity contribution in [3.63, 3.8) is 0 Å². The first kappa shape index (κ1) is 17.0. The Bertz CT molecular complexity index is 1260. The molecule has 0 radical (unpaired) electrons. The number of furan rings is 1. The predicted octanol–water partition coefficient (Wildman–Crippen LogP) is 1.45. The highest BCUT2D eigenvalue weighted by Gasteiger charge is 2.55. The Morgan fingerprint density at radius 1 is 1.36 bits per heavy atom. The van der Waals surface area contributed by atoms with Crippen LogP contribution in [0.15, 0.2) is 57.1 Å². The van der Waals surface area contributed by atoms with Crippen LogP contribution in [0, 0.1) is 5.92 Å². The van der Waals surface area contributed by atoms with Crippen molar-refractivity contribution in [1.82, 2.24) is 4.57 Å². The van der Waals surface area contributed by atoms with Gasteiger partial charge >= 0.3 is 5.97 Å². The van der Waals surface area contributed by atoms with Crippen molar-refractivity contribution >= 4 is 23.4 Å². The molecular weight excluding hydrogens is 380 g/mol. The number of hydrogen-bond donors (Lipinski definition) is 0. The smallest absolute Gasteiger partial charge is 0.317 e. The minimum Gasteiger partial charge on any atom is -0.472 e. The van der Waals surface area contributed by atoms with Crippen LogP contribution in [0.25, 0.3) is 6.08 Å². The first-order valence-electron chi connectivity index (χ1n) is 8.73. The van der Waals surface area contributed by atoms with E-state index in [0.29, 0.717) is 15.1 Å². The van der Waals surface area contributed by atoms with Crippen LogP contribution in [-0.4, -0.2) is 23.4 Å². The van der Waals surface area contributed by atoms with E-state index in [1.165, 1.54) is 18.4 Å². The van der Waals surface area contributed by atoms with E-state index < -0.39 is 23.7 Å². The summed E-state index contributed by atoms with van der Waals surface area (Å²) in [6, 6.07) is 8.63. The van der Waals surface area contributed by atoms with Crippen molar-refractivity contribution in [1.29, 1.82) is 0 Å². The van der Waals surface area contributed by atoms with Gasteiger partial charge in [0.15, 0.2) is 4.80 Å². The zero-order valence-corrected chi connectivity index (χ0v) is 15.9. The van der Waals surface area contributed by atoms with Gasteiger partial charge in [-0.05, 0) is 25.1 Å². The van der Waals surface area contributed by atoms with E-state index in [2.05, 4.69) is 4.99 Å². The van der Waals surface area contributed by atoms with E-state index >= 15 is 0 Å². The standard InChI is InChI=1S/C20H16N2O5S/c1-20-15(18(24)25-2)16(12-5-3-4-6-13(12)27-20)22-17(23)14(28-19(22)21-20)9-11-7-8-26-10-11/h3-10,15-16H,1-2H3/b14-9-/t15-,16+,20+/m0/s1. The summed E-state index contributed by atoms with van der Waals surface area (Å²) in [5.74, 6) is -0.619. The molecule has 2 aliphatic rings. The number of rotatable bonds is 2. The predicted molar refractivity (Wildman–Crippen MR) is 101 cm³/mol. The maximum Gasteiger partial charge on any atom is 0.317 e. The lowest BCUT2D eigenvalue weighted by molar-refractivity contribution is -0.158. The van der Waals surface area contributed by atoms with Crippen LogP contribution in [-0.2, 0) is 9.53 Å². The van der Waals surface area contributed by atoms with Gasteiger partial charge in [-0.15, -0.1) is 0 Å². The number of carbonyl (C=O) groups excluding carboxylic acids is 1. The summed E-state index contributed by atoms with van der Waals surface area (Å²) in [5.41, 5.74) is 0.187. The Labute approximate surface area is 163 Å². The molecule has 2 bridgehead atoms. The average molecular weight is 396 g/mol. The lowest BCUT2D eigenvalue weighted by Gasteiger charge is -2.44. The van der Waals surface area contributed by atoms with Crippen molar-refractivity contribution in [2.75, 3.05) is 7.11 Å². The monoisotopic (exact) mass is 396 g/mol. The van der Waals surface area contributed by atoms with Crippen molar-refractivity contribution in [2.24, 2.45) is 10.9 Å². The van der Waals surface area contributed by atoms with Crippen LogP contribution in [0.2, 0.25) is 0 Å². The van der Waals surface area contributed by atoms with Gasteiger partial charge in [-0.25, -0.2) is 4.99 Å². The second kappa shape index (κ2) is 5.93. The maximum atomic E-state index is 13.3. The molecule has 0 saturated heterocycles. The van der Waals surface area contributed by atoms with Crippen LogP contribution < -0.4 is 19.6 Å². The largest absolute Gasteiger partial charge is 0.472 e. The van der Waals surface area contributed by atoms with Gasteiger partial charge in [-0.3, -0.25) is 14.2 Å². The van der Waals surface area contributed by atoms with Crippen LogP contribution >= 0.6 is 11.3 Å². The molecule has 8 heteroatoms. The maximum absolute atomic E-state index is 13.3. The molecule has 2 aromatic heterocycles. The number of hydrogen-bond acceptors (Lipinski definition) is 7. The summed E-state index contributed by atoms with van der Waals surface area (Å²) in [6.45, 7) is 1.75. The highest BCUT2D eigenvalue weighted by molar-refractivity contribution is 7.07. The molecule has 5 rings (SSSR count). The van der Waals surface area contributed by atoms with Crippen molar-refractivity contribution < 1.29 is 18.7 Å². The normalized spacial score (nSPS) is 25.3. The fourth-order valence-corrected chi connectivity index (χ4v) is 5.04. The SMILES string of the molecule is COC(=O)[C@@H]1[C@H]2c3ccccc3O[C@@]1(C)N=c1s/c(=C\c3ccoc3)c(=O)n12. The second-order valence-electron chi connectivity index (χ2n) is 6.88. The molecule has 2 aliphatic heterocycles. The quantitative estimate of drug-likeness (QED) is 0.613. The molecule has 0 spiro atoms. The zero-order chi connectivity index (χ0) is 19.5. The highest BCUT2D eigenvalue weighted by atomic mass is 32.1. The van der Waals surface area contributed by atoms with Crippen molar-refractivity contribution in [3.05, 3.63) is 73.7 Å². The molecule has 0 unspecified atom stereocenters. The molecule has 3 atom stereocenters. The van der Waals surface area contributed by atoms with E-state index in [1.807, 2.05) is 24.3 Å². The summed E-state index contributed by atoms with van der Waals surface area (Å²) in [6.07, 6.45) is 4.87. The third kappa shape index (κ3) is 2.31. The van der Waals surface area contributed by atoms with Gasteiger partial charge in [0.2, 0.25) is 5.72 Å². The van der Waals surface area contributed by atoms with Gasteiger partial charge in [0, 0.05) is 11.1 Å². The number of thiazole rings is 1. The second-order valence-corrected chi connectivity index (χ2v) is 7.89. The van der Waals surface area contributed by atoms with Gasteiger partial charge < -0.3 is 13.9 Å². The summed E-state index contributed by atoms with van der Waals surface area (Å²) in [7, 11) is 1.33. The number of fused-ring (bicyclic) bond motifs is 6. The van der Waals surface area contributed by atoms with Gasteiger partial charge in [-0.1, -0.05) is 29.5 Å². The molecule has 0 N–H and O–H groups in total. The molecule has 142 valence electrons. The molecule has 0 saturated carbocycles. The molecule has 0 fully saturated rings. The van der Waals surface area contributed by atoms with Crippen LogP contribution in [0.5, 0.6) is 5.75 Å². The van der Waals surface area contributed by atoms with E-state index in [0.717, 1.165) is 11.1 Å². The van der Waals surface area contributed by atoms with E-state index in [1.54, 1.807) is 36.2 Å². The molecular formula is C20H16N2O5S. The summed E-state index contributed by atoms with van der Waals surface area (Å²) < 4.78 is 18.4. The number of esters is 1. The van der Waals surface area contributed by atoms with E-state index in [-0.39, 0.29) is 5.56 Å². The minimum absolute atomic E-state index is 0.206. The van der Waals surface area contributed by atoms with Crippen LogP contribution in [0.1, 0.15) is 24.1 Å². The van der Waals surface area contributed by atoms with E-state index in [4.69, 9.17) is 13.9 Å². The molecule has 1 aromatic carbocycles. The third-order valence-electron chi connectivity index (χ3n) is 5.18. The Morgan fingerprint density at radius 2 is 2.18 bits per heavy atom. The third-order valence-corrected chi connectivity index (χ3v) is 6.16. The average Bonchev–Trinajstić information content (AvgIpc) is 3.28. The fraction of sp³-hybridized carbons (Fsp3) is 0.250. The lowest BCUT2D eigenvalue weighted by Crippen LogP contribution is -2.58. The van der Waals surface area contributed by atoms with Gasteiger partial charge in [-0.2, -0.15) is 0 Å². The Morgan fingerprint density at radius 3 is 2.93 bits per heavy atom. The van der Waals surface area contributed by atoms with Crippen molar-refractivity contribution in [3.8, 4) is 5.75 Å².